The van der Waals surface area contributed by atoms with Crippen molar-refractivity contribution in [3.05, 3.63) is 47.9 Å². The Morgan fingerprint density at radius 3 is 2.77 bits per heavy atom. The van der Waals surface area contributed by atoms with Gasteiger partial charge < -0.3 is 9.67 Å². The molecule has 1 aromatic carbocycles. The molecule has 0 aliphatic heterocycles. The molecule has 1 aliphatic rings. The summed E-state index contributed by atoms with van der Waals surface area (Å²) < 4.78 is 28.4. The third-order valence-corrected chi connectivity index (χ3v) is 5.33. The molecule has 2 N–H and O–H groups in total. The zero-order valence-corrected chi connectivity index (χ0v) is 13.2. The van der Waals surface area contributed by atoms with E-state index in [1.54, 1.807) is 11.6 Å². The number of hydrogen-bond acceptors (Lipinski definition) is 4. The highest BCUT2D eigenvalue weighted by Crippen LogP contribution is 2.28. The average Bonchev–Trinajstić information content (AvgIpc) is 2.93. The van der Waals surface area contributed by atoms with E-state index in [9.17, 15) is 13.5 Å². The van der Waals surface area contributed by atoms with E-state index in [0.29, 0.717) is 12.8 Å². The van der Waals surface area contributed by atoms with Gasteiger partial charge in [-0.05, 0) is 24.0 Å². The SMILES string of the molecule is Cn1cnc(S(=O)(=O)NC[C@]2(O)CCc3ccccc3C2)c1. The summed E-state index contributed by atoms with van der Waals surface area (Å²) in [4.78, 5) is 3.84. The Hall–Kier alpha value is -1.70. The van der Waals surface area contributed by atoms with E-state index in [4.69, 9.17) is 0 Å². The molecular formula is C15H19N3O3S. The second kappa shape index (κ2) is 5.49. The van der Waals surface area contributed by atoms with Crippen molar-refractivity contribution in [1.29, 1.82) is 0 Å². The molecule has 1 aliphatic carbocycles. The molecule has 0 amide bonds. The van der Waals surface area contributed by atoms with Crippen LogP contribution in [-0.4, -0.2) is 35.2 Å². The molecule has 0 spiro atoms. The third kappa shape index (κ3) is 3.06. The van der Waals surface area contributed by atoms with Gasteiger partial charge in [-0.15, -0.1) is 0 Å². The van der Waals surface area contributed by atoms with E-state index in [-0.39, 0.29) is 11.6 Å². The first-order valence-corrected chi connectivity index (χ1v) is 8.63. The van der Waals surface area contributed by atoms with Crippen LogP contribution in [0.15, 0.2) is 41.8 Å². The molecule has 3 rings (SSSR count). The molecule has 0 unspecified atom stereocenters. The summed E-state index contributed by atoms with van der Waals surface area (Å²) in [5, 5.41) is 10.6. The zero-order valence-electron chi connectivity index (χ0n) is 12.4. The lowest BCUT2D eigenvalue weighted by Crippen LogP contribution is -2.46. The van der Waals surface area contributed by atoms with Crippen molar-refractivity contribution in [3.8, 4) is 0 Å². The fourth-order valence-electron chi connectivity index (χ4n) is 2.77. The van der Waals surface area contributed by atoms with Gasteiger partial charge in [0.2, 0.25) is 0 Å². The molecule has 118 valence electrons. The van der Waals surface area contributed by atoms with Crippen LogP contribution in [0.1, 0.15) is 17.5 Å². The van der Waals surface area contributed by atoms with Crippen LogP contribution in [0.4, 0.5) is 0 Å². The van der Waals surface area contributed by atoms with E-state index in [2.05, 4.69) is 9.71 Å². The second-order valence-electron chi connectivity index (χ2n) is 5.87. The van der Waals surface area contributed by atoms with Crippen LogP contribution in [0.25, 0.3) is 0 Å². The van der Waals surface area contributed by atoms with Crippen LogP contribution in [0.2, 0.25) is 0 Å². The summed E-state index contributed by atoms with van der Waals surface area (Å²) in [7, 11) is -1.99. The maximum Gasteiger partial charge on any atom is 0.259 e. The van der Waals surface area contributed by atoms with Crippen molar-refractivity contribution in [1.82, 2.24) is 14.3 Å². The Kier molecular flexibility index (Phi) is 3.80. The van der Waals surface area contributed by atoms with E-state index in [0.717, 1.165) is 12.0 Å². The number of aromatic nitrogens is 2. The maximum absolute atomic E-state index is 12.2. The molecule has 22 heavy (non-hydrogen) atoms. The van der Waals surface area contributed by atoms with Crippen LogP contribution in [0.5, 0.6) is 0 Å². The summed E-state index contributed by atoms with van der Waals surface area (Å²) in [5.74, 6) is 0. The van der Waals surface area contributed by atoms with Crippen molar-refractivity contribution in [2.75, 3.05) is 6.54 Å². The topological polar surface area (TPSA) is 84.2 Å². The van der Waals surface area contributed by atoms with Crippen LogP contribution >= 0.6 is 0 Å². The van der Waals surface area contributed by atoms with Gasteiger partial charge in [0.15, 0.2) is 5.03 Å². The molecule has 6 nitrogen and oxygen atoms in total. The minimum Gasteiger partial charge on any atom is -0.388 e. The quantitative estimate of drug-likeness (QED) is 0.864. The smallest absolute Gasteiger partial charge is 0.259 e. The molecule has 1 atom stereocenters. The molecule has 7 heteroatoms. The zero-order chi connectivity index (χ0) is 15.8. The summed E-state index contributed by atoms with van der Waals surface area (Å²) in [6.45, 7) is -0.0136. The molecule has 1 aromatic heterocycles. The number of aliphatic hydroxyl groups is 1. The number of aryl methyl sites for hydroxylation is 2. The van der Waals surface area contributed by atoms with Gasteiger partial charge in [-0.25, -0.2) is 18.1 Å². The number of hydrogen-bond donors (Lipinski definition) is 2. The first kappa shape index (κ1) is 15.2. The molecule has 1 heterocycles. The van der Waals surface area contributed by atoms with Gasteiger partial charge in [-0.3, -0.25) is 0 Å². The van der Waals surface area contributed by atoms with E-state index < -0.39 is 15.6 Å². The molecule has 0 saturated carbocycles. The van der Waals surface area contributed by atoms with E-state index in [1.807, 2.05) is 24.3 Å². The summed E-state index contributed by atoms with van der Waals surface area (Å²) in [6, 6.07) is 7.94. The van der Waals surface area contributed by atoms with Gasteiger partial charge in [0.25, 0.3) is 10.0 Å². The van der Waals surface area contributed by atoms with Crippen molar-refractivity contribution in [2.24, 2.45) is 7.05 Å². The predicted octanol–water partition coefficient (Wildman–Crippen LogP) is 0.618. The highest BCUT2D eigenvalue weighted by molar-refractivity contribution is 7.89. The monoisotopic (exact) mass is 321 g/mol. The number of sulfonamides is 1. The second-order valence-corrected chi connectivity index (χ2v) is 7.59. The van der Waals surface area contributed by atoms with Gasteiger partial charge in [0.1, 0.15) is 0 Å². The van der Waals surface area contributed by atoms with E-state index in [1.165, 1.54) is 18.1 Å². The Morgan fingerprint density at radius 1 is 1.36 bits per heavy atom. The Morgan fingerprint density at radius 2 is 2.09 bits per heavy atom. The van der Waals surface area contributed by atoms with Crippen molar-refractivity contribution in [3.63, 3.8) is 0 Å². The lowest BCUT2D eigenvalue weighted by molar-refractivity contribution is 0.0317. The first-order chi connectivity index (χ1) is 10.4. The van der Waals surface area contributed by atoms with Crippen molar-refractivity contribution < 1.29 is 13.5 Å². The Labute approximate surface area is 129 Å². The number of nitrogens with one attached hydrogen (secondary N) is 1. The van der Waals surface area contributed by atoms with Gasteiger partial charge in [0, 0.05) is 26.2 Å². The average molecular weight is 321 g/mol. The lowest BCUT2D eigenvalue weighted by Gasteiger charge is -2.33. The number of nitrogens with zero attached hydrogens (tertiary/aromatic N) is 2. The highest BCUT2D eigenvalue weighted by Gasteiger charge is 2.33. The molecule has 0 saturated heterocycles. The number of imidazole rings is 1. The third-order valence-electron chi connectivity index (χ3n) is 4.05. The summed E-state index contributed by atoms with van der Waals surface area (Å²) in [6.07, 6.45) is 4.60. The van der Waals surface area contributed by atoms with Gasteiger partial charge in [-0.1, -0.05) is 24.3 Å². The Bertz CT molecular complexity index is 785. The largest absolute Gasteiger partial charge is 0.388 e. The fourth-order valence-corrected chi connectivity index (χ4v) is 3.86. The minimum absolute atomic E-state index is 0.0136. The minimum atomic E-state index is -3.70. The maximum atomic E-state index is 12.2. The van der Waals surface area contributed by atoms with E-state index >= 15 is 0 Å². The lowest BCUT2D eigenvalue weighted by atomic mass is 9.80. The standard InChI is InChI=1S/C15H19N3O3S/c1-18-9-14(16-11-18)22(20,21)17-10-15(19)7-6-12-4-2-3-5-13(12)8-15/h2-5,9,11,17,19H,6-8,10H2,1H3/t15-/m0/s1. The normalized spacial score (nSPS) is 21.5. The first-order valence-electron chi connectivity index (χ1n) is 7.15. The van der Waals surface area contributed by atoms with Crippen LogP contribution < -0.4 is 4.72 Å². The highest BCUT2D eigenvalue weighted by atomic mass is 32.2. The molecule has 0 radical (unpaired) electrons. The molecule has 2 aromatic rings. The molecule has 0 bridgehead atoms. The number of fused-ring (bicyclic) bond motifs is 1. The van der Waals surface area contributed by atoms with Gasteiger partial charge in [0.05, 0.1) is 11.9 Å². The summed E-state index contributed by atoms with van der Waals surface area (Å²) in [5.41, 5.74) is 1.24. The van der Waals surface area contributed by atoms with Crippen molar-refractivity contribution in [2.45, 2.75) is 29.9 Å². The fraction of sp³-hybridized carbons (Fsp3) is 0.400. The summed E-state index contributed by atoms with van der Waals surface area (Å²) >= 11 is 0. The van der Waals surface area contributed by atoms with Crippen LogP contribution in [-0.2, 0) is 29.9 Å². The predicted molar refractivity (Wildman–Crippen MR) is 81.8 cm³/mol. The molecule has 0 fully saturated rings. The van der Waals surface area contributed by atoms with Gasteiger partial charge in [-0.2, -0.15) is 0 Å². The molecular weight excluding hydrogens is 302 g/mol. The van der Waals surface area contributed by atoms with Crippen LogP contribution in [0, 0.1) is 0 Å². The van der Waals surface area contributed by atoms with Crippen LogP contribution in [0.3, 0.4) is 0 Å². The van der Waals surface area contributed by atoms with Gasteiger partial charge >= 0.3 is 0 Å². The Balaban J connectivity index is 1.71. The van der Waals surface area contributed by atoms with Crippen molar-refractivity contribution >= 4 is 10.0 Å². The number of benzene rings is 1. The number of rotatable bonds is 4.